The van der Waals surface area contributed by atoms with E-state index in [-0.39, 0.29) is 11.6 Å². The van der Waals surface area contributed by atoms with Gasteiger partial charge in [0.1, 0.15) is 10.7 Å². The van der Waals surface area contributed by atoms with Gasteiger partial charge in [0.2, 0.25) is 0 Å². The molecule has 0 amide bonds. The van der Waals surface area contributed by atoms with E-state index in [1.54, 1.807) is 11.3 Å². The Morgan fingerprint density at radius 2 is 1.93 bits per heavy atom. The Morgan fingerprint density at radius 3 is 2.64 bits per heavy atom. The van der Waals surface area contributed by atoms with Crippen molar-refractivity contribution >= 4 is 27.2 Å². The number of rotatable bonds is 4. The van der Waals surface area contributed by atoms with Crippen LogP contribution >= 0.6 is 11.3 Å². The first kappa shape index (κ1) is 19.2. The molecule has 1 atom stereocenters. The third-order valence-corrected chi connectivity index (χ3v) is 7.14. The lowest BCUT2D eigenvalue weighted by atomic mass is 10.0. The van der Waals surface area contributed by atoms with Crippen molar-refractivity contribution in [2.45, 2.75) is 52.6 Å². The summed E-state index contributed by atoms with van der Waals surface area (Å²) >= 11 is 1.61. The minimum atomic E-state index is -0.00944. The molecule has 3 heterocycles. The molecule has 1 aliphatic heterocycles. The monoisotopic (exact) mass is 396 g/mol. The number of thiophene rings is 1. The first-order chi connectivity index (χ1) is 13.4. The Hall–Kier alpha value is -2.18. The lowest BCUT2D eigenvalue weighted by Crippen LogP contribution is -2.41. The summed E-state index contributed by atoms with van der Waals surface area (Å²) in [6, 6.07) is 9.05. The molecule has 0 saturated carbocycles. The summed E-state index contributed by atoms with van der Waals surface area (Å²) in [6.07, 6.45) is 2.17. The molecule has 0 spiro atoms. The molecule has 3 aromatic rings. The van der Waals surface area contributed by atoms with E-state index in [0.717, 1.165) is 47.5 Å². The lowest BCUT2D eigenvalue weighted by molar-refractivity contribution is 0.162. The summed E-state index contributed by atoms with van der Waals surface area (Å²) in [4.78, 5) is 24.9. The van der Waals surface area contributed by atoms with Crippen LogP contribution in [0.15, 0.2) is 29.1 Å². The highest BCUT2D eigenvalue weighted by atomic mass is 32.1. The molecule has 0 aliphatic carbocycles. The van der Waals surface area contributed by atoms with Crippen LogP contribution in [-0.4, -0.2) is 34.0 Å². The first-order valence-corrected chi connectivity index (χ1v) is 10.8. The van der Waals surface area contributed by atoms with Gasteiger partial charge in [0, 0.05) is 29.7 Å². The molecular formula is C22H28N4OS. The number of fused-ring (bicyclic) bond motifs is 1. The topological polar surface area (TPSA) is 61.0 Å². The number of nitrogens with zero attached hydrogens (tertiary/aromatic N) is 2. The van der Waals surface area contributed by atoms with Gasteiger partial charge in [-0.15, -0.1) is 11.3 Å². The Kier molecular flexibility index (Phi) is 5.25. The van der Waals surface area contributed by atoms with E-state index < -0.39 is 0 Å². The smallest absolute Gasteiger partial charge is 0.259 e. The maximum Gasteiger partial charge on any atom is 0.259 e. The summed E-state index contributed by atoms with van der Waals surface area (Å²) in [5.41, 5.74) is 3.56. The summed E-state index contributed by atoms with van der Waals surface area (Å²) < 4.78 is 0. The minimum absolute atomic E-state index is 0.00944. The lowest BCUT2D eigenvalue weighted by Gasteiger charge is -2.36. The number of piperidine rings is 1. The van der Waals surface area contributed by atoms with Crippen molar-refractivity contribution in [3.8, 4) is 0 Å². The van der Waals surface area contributed by atoms with Crippen molar-refractivity contribution in [3.63, 3.8) is 0 Å². The maximum absolute atomic E-state index is 12.6. The van der Waals surface area contributed by atoms with Crippen LogP contribution in [0.3, 0.4) is 0 Å². The van der Waals surface area contributed by atoms with Crippen molar-refractivity contribution in [1.82, 2.24) is 14.9 Å². The van der Waals surface area contributed by atoms with Gasteiger partial charge in [-0.25, -0.2) is 4.98 Å². The predicted molar refractivity (Wildman–Crippen MR) is 118 cm³/mol. The maximum atomic E-state index is 12.6. The van der Waals surface area contributed by atoms with Gasteiger partial charge >= 0.3 is 0 Å². The average molecular weight is 397 g/mol. The van der Waals surface area contributed by atoms with Crippen LogP contribution in [0.4, 0.5) is 5.69 Å². The van der Waals surface area contributed by atoms with Crippen LogP contribution in [0.1, 0.15) is 47.6 Å². The van der Waals surface area contributed by atoms with E-state index in [2.05, 4.69) is 60.2 Å². The number of anilines is 1. The van der Waals surface area contributed by atoms with Crippen molar-refractivity contribution < 1.29 is 0 Å². The van der Waals surface area contributed by atoms with Crippen LogP contribution in [-0.2, 0) is 0 Å². The van der Waals surface area contributed by atoms with Crippen molar-refractivity contribution in [1.29, 1.82) is 0 Å². The van der Waals surface area contributed by atoms with Crippen molar-refractivity contribution in [2.75, 3.05) is 18.4 Å². The minimum Gasteiger partial charge on any atom is -0.382 e. The molecule has 2 N–H and O–H groups in total. The zero-order valence-electron chi connectivity index (χ0n) is 17.0. The number of hydrogen-bond acceptors (Lipinski definition) is 5. The molecule has 1 fully saturated rings. The molecule has 1 saturated heterocycles. The highest BCUT2D eigenvalue weighted by Crippen LogP contribution is 2.29. The molecule has 1 aromatic carbocycles. The summed E-state index contributed by atoms with van der Waals surface area (Å²) in [5.74, 6) is 0.782. The van der Waals surface area contributed by atoms with Crippen LogP contribution in [0.25, 0.3) is 10.2 Å². The molecule has 0 radical (unpaired) electrons. The number of aryl methyl sites for hydroxylation is 3. The number of H-pyrrole nitrogens is 1. The van der Waals surface area contributed by atoms with E-state index >= 15 is 0 Å². The van der Waals surface area contributed by atoms with Gasteiger partial charge in [-0.3, -0.25) is 9.69 Å². The largest absolute Gasteiger partial charge is 0.382 e. The number of hydrogen-bond donors (Lipinski definition) is 2. The van der Waals surface area contributed by atoms with Crippen LogP contribution in [0.5, 0.6) is 0 Å². The summed E-state index contributed by atoms with van der Waals surface area (Å²) in [5, 5.41) is 4.44. The van der Waals surface area contributed by atoms with Crippen LogP contribution in [0.2, 0.25) is 0 Å². The third kappa shape index (κ3) is 3.59. The SMILES string of the molecule is Cc1ccccc1NC1CCN([C@H](C)c2nc3sc(C)c(C)c3c(=O)[nH]2)CC1. The Balaban J connectivity index is 1.45. The Bertz CT molecular complexity index is 1050. The first-order valence-electron chi connectivity index (χ1n) is 10.00. The van der Waals surface area contributed by atoms with E-state index in [4.69, 9.17) is 4.98 Å². The van der Waals surface area contributed by atoms with Gasteiger partial charge in [0.25, 0.3) is 5.56 Å². The number of aromatic nitrogens is 2. The molecule has 1 aliphatic rings. The van der Waals surface area contributed by atoms with Crippen molar-refractivity contribution in [2.24, 2.45) is 0 Å². The molecule has 0 bridgehead atoms. The fourth-order valence-electron chi connectivity index (χ4n) is 4.03. The highest BCUT2D eigenvalue weighted by Gasteiger charge is 2.25. The van der Waals surface area contributed by atoms with E-state index in [9.17, 15) is 4.79 Å². The molecule has 2 aromatic heterocycles. The number of aromatic amines is 1. The third-order valence-electron chi connectivity index (χ3n) is 6.04. The normalized spacial score (nSPS) is 17.1. The summed E-state index contributed by atoms with van der Waals surface area (Å²) in [7, 11) is 0. The molecule has 28 heavy (non-hydrogen) atoms. The van der Waals surface area contributed by atoms with Crippen LogP contribution in [0, 0.1) is 20.8 Å². The van der Waals surface area contributed by atoms with Gasteiger partial charge in [-0.1, -0.05) is 18.2 Å². The van der Waals surface area contributed by atoms with Crippen LogP contribution < -0.4 is 10.9 Å². The summed E-state index contributed by atoms with van der Waals surface area (Å²) in [6.45, 7) is 10.3. The standard InChI is InChI=1S/C22H28N4OS/c1-13-7-5-6-8-18(13)23-17-9-11-26(12-10-17)15(3)20-24-21(27)19-14(2)16(4)28-22(19)25-20/h5-8,15,17,23H,9-12H2,1-4H3,(H,24,25,27)/t15-/m1/s1. The fourth-order valence-corrected chi connectivity index (χ4v) is 5.07. The Labute approximate surface area is 169 Å². The fraction of sp³-hybridized carbons (Fsp3) is 0.455. The molecule has 0 unspecified atom stereocenters. The van der Waals surface area contributed by atoms with Gasteiger partial charge in [-0.05, 0) is 57.7 Å². The molecule has 148 valence electrons. The van der Waals surface area contributed by atoms with Crippen molar-refractivity contribution in [3.05, 3.63) is 56.4 Å². The number of nitrogens with one attached hydrogen (secondary N) is 2. The zero-order valence-corrected chi connectivity index (χ0v) is 17.8. The number of benzene rings is 1. The highest BCUT2D eigenvalue weighted by molar-refractivity contribution is 7.18. The second-order valence-electron chi connectivity index (χ2n) is 7.86. The number of likely N-dealkylation sites (tertiary alicyclic amines) is 1. The molecular weight excluding hydrogens is 368 g/mol. The average Bonchev–Trinajstić information content (AvgIpc) is 2.98. The molecule has 4 rings (SSSR count). The second-order valence-corrected chi connectivity index (χ2v) is 9.06. The van der Waals surface area contributed by atoms with Gasteiger partial charge in [0.05, 0.1) is 11.4 Å². The van der Waals surface area contributed by atoms with E-state index in [0.29, 0.717) is 6.04 Å². The number of para-hydroxylation sites is 1. The van der Waals surface area contributed by atoms with Gasteiger partial charge < -0.3 is 10.3 Å². The van der Waals surface area contributed by atoms with E-state index in [1.165, 1.54) is 16.1 Å². The predicted octanol–water partition coefficient (Wildman–Crippen LogP) is 4.55. The molecule has 5 nitrogen and oxygen atoms in total. The Morgan fingerprint density at radius 1 is 1.21 bits per heavy atom. The van der Waals surface area contributed by atoms with E-state index in [1.807, 2.05) is 6.92 Å². The molecule has 6 heteroatoms. The zero-order chi connectivity index (χ0) is 19.8. The van der Waals surface area contributed by atoms with Gasteiger partial charge in [0.15, 0.2) is 0 Å². The quantitative estimate of drug-likeness (QED) is 0.679. The second kappa shape index (κ2) is 7.68. The van der Waals surface area contributed by atoms with Gasteiger partial charge in [-0.2, -0.15) is 0 Å².